The summed E-state index contributed by atoms with van der Waals surface area (Å²) in [5, 5.41) is 17.1. The number of likely N-dealkylation sites (tertiary alicyclic amines) is 1. The molecule has 5 rings (SSSR count). The molecule has 3 aliphatic heterocycles. The van der Waals surface area contributed by atoms with Gasteiger partial charge in [0.1, 0.15) is 5.75 Å². The summed E-state index contributed by atoms with van der Waals surface area (Å²) in [6.07, 6.45) is 1.59. The van der Waals surface area contributed by atoms with Crippen LogP contribution in [0.3, 0.4) is 0 Å². The van der Waals surface area contributed by atoms with Gasteiger partial charge in [-0.3, -0.25) is 0 Å². The van der Waals surface area contributed by atoms with Crippen molar-refractivity contribution in [1.29, 1.82) is 0 Å². The average Bonchev–Trinajstić information content (AvgIpc) is 3.28. The first-order valence-corrected chi connectivity index (χ1v) is 11.6. The number of nitrogens with zero attached hydrogens (tertiary/aromatic N) is 3. The number of hydrogen-bond donors (Lipinski definition) is 1. The smallest absolute Gasteiger partial charge is 0.409 e. The van der Waals surface area contributed by atoms with Gasteiger partial charge in [0.25, 0.3) is 0 Å². The van der Waals surface area contributed by atoms with Gasteiger partial charge < -0.3 is 24.2 Å². The molecule has 0 bridgehead atoms. The number of carbonyl (C=O) groups excluding carboxylic acids is 1. The zero-order valence-corrected chi connectivity index (χ0v) is 19.0. The third kappa shape index (κ3) is 3.73. The number of carbonyl (C=O) groups is 1. The summed E-state index contributed by atoms with van der Waals surface area (Å²) in [6, 6.07) is 13.2. The molecule has 0 aliphatic carbocycles. The Bertz CT molecular complexity index is 1080. The minimum Gasteiger partial charge on any atom is -0.508 e. The monoisotopic (exact) mass is 451 g/mol. The van der Waals surface area contributed by atoms with Crippen molar-refractivity contribution >= 4 is 11.8 Å². The van der Waals surface area contributed by atoms with Crippen LogP contribution < -0.4 is 9.47 Å². The molecular formula is C25H29N3O5. The minimum atomic E-state index is -0.688. The number of ether oxygens (including phenoxy) is 3. The summed E-state index contributed by atoms with van der Waals surface area (Å²) in [4.78, 5) is 14.0. The number of piperidine rings is 1. The van der Waals surface area contributed by atoms with E-state index in [1.807, 2.05) is 38.1 Å². The lowest BCUT2D eigenvalue weighted by atomic mass is 9.90. The summed E-state index contributed by atoms with van der Waals surface area (Å²) >= 11 is 0. The highest BCUT2D eigenvalue weighted by atomic mass is 16.6. The van der Waals surface area contributed by atoms with E-state index in [1.54, 1.807) is 17.0 Å². The number of benzene rings is 2. The van der Waals surface area contributed by atoms with Gasteiger partial charge >= 0.3 is 6.09 Å². The molecule has 0 radical (unpaired) electrons. The summed E-state index contributed by atoms with van der Waals surface area (Å²) < 4.78 is 17.8. The van der Waals surface area contributed by atoms with E-state index >= 15 is 0 Å². The van der Waals surface area contributed by atoms with Crippen LogP contribution in [0.5, 0.6) is 17.2 Å². The molecular weight excluding hydrogens is 422 g/mol. The zero-order valence-electron chi connectivity index (χ0n) is 19.0. The Kier molecular flexibility index (Phi) is 5.52. The Morgan fingerprint density at radius 2 is 1.97 bits per heavy atom. The molecule has 3 heterocycles. The molecule has 0 aromatic heterocycles. The molecule has 8 heteroatoms. The fraction of sp³-hybridized carbons (Fsp3) is 0.440. The predicted molar refractivity (Wildman–Crippen MR) is 123 cm³/mol. The third-order valence-corrected chi connectivity index (χ3v) is 6.54. The molecule has 174 valence electrons. The quantitative estimate of drug-likeness (QED) is 0.747. The highest BCUT2D eigenvalue weighted by molar-refractivity contribution is 6.02. The second-order valence-corrected chi connectivity index (χ2v) is 8.50. The molecule has 3 aliphatic rings. The number of fused-ring (bicyclic) bond motifs is 4. The summed E-state index contributed by atoms with van der Waals surface area (Å²) in [5.41, 5.74) is 2.15. The van der Waals surface area contributed by atoms with Gasteiger partial charge in [0.15, 0.2) is 11.5 Å². The third-order valence-electron chi connectivity index (χ3n) is 6.54. The van der Waals surface area contributed by atoms with Gasteiger partial charge in [0, 0.05) is 43.5 Å². The lowest BCUT2D eigenvalue weighted by Crippen LogP contribution is -2.59. The molecule has 33 heavy (non-hydrogen) atoms. The van der Waals surface area contributed by atoms with Gasteiger partial charge in [-0.2, -0.15) is 5.10 Å². The normalized spacial score (nSPS) is 20.5. The molecule has 8 nitrogen and oxygen atoms in total. The lowest BCUT2D eigenvalue weighted by Gasteiger charge is -2.51. The van der Waals surface area contributed by atoms with Crippen molar-refractivity contribution in [2.24, 2.45) is 5.10 Å². The molecule has 1 fully saturated rings. The van der Waals surface area contributed by atoms with Crippen LogP contribution in [0, 0.1) is 0 Å². The minimum absolute atomic E-state index is 0.0133. The van der Waals surface area contributed by atoms with Gasteiger partial charge in [-0.1, -0.05) is 24.3 Å². The zero-order chi connectivity index (χ0) is 23.0. The molecule has 1 spiro atoms. The Hall–Kier alpha value is -3.42. The van der Waals surface area contributed by atoms with Crippen molar-refractivity contribution in [3.8, 4) is 17.2 Å². The molecule has 1 N–H and O–H groups in total. The summed E-state index contributed by atoms with van der Waals surface area (Å²) in [6.45, 7) is 5.71. The molecule has 2 aromatic rings. The molecule has 1 saturated heterocycles. The van der Waals surface area contributed by atoms with Gasteiger partial charge in [-0.05, 0) is 32.0 Å². The van der Waals surface area contributed by atoms with E-state index in [0.717, 1.165) is 28.3 Å². The van der Waals surface area contributed by atoms with Gasteiger partial charge in [-0.15, -0.1) is 0 Å². The number of phenolic OH excluding ortho intramolecular Hbond substituents is 1. The Labute approximate surface area is 193 Å². The first kappa shape index (κ1) is 21.4. The molecule has 0 unspecified atom stereocenters. The van der Waals surface area contributed by atoms with Crippen molar-refractivity contribution in [3.63, 3.8) is 0 Å². The van der Waals surface area contributed by atoms with Crippen LogP contribution in [0.2, 0.25) is 0 Å². The van der Waals surface area contributed by atoms with Crippen LogP contribution in [0.1, 0.15) is 50.3 Å². The largest absolute Gasteiger partial charge is 0.508 e. The predicted octanol–water partition coefficient (Wildman–Crippen LogP) is 4.28. The van der Waals surface area contributed by atoms with E-state index in [1.165, 1.54) is 0 Å². The maximum atomic E-state index is 12.3. The molecule has 1 amide bonds. The van der Waals surface area contributed by atoms with E-state index in [-0.39, 0.29) is 17.9 Å². The number of amides is 1. The van der Waals surface area contributed by atoms with Crippen LogP contribution in [-0.4, -0.2) is 58.8 Å². The number of hydrogen-bond acceptors (Lipinski definition) is 7. The SMILES string of the molecule is CCOC(=O)N1CCC2(CC1)Oc1c(OCC)cccc1[C@H]1CC(c3cccc(O)c3)=NN12. The van der Waals surface area contributed by atoms with E-state index in [0.29, 0.717) is 45.6 Å². The Morgan fingerprint density at radius 1 is 1.18 bits per heavy atom. The van der Waals surface area contributed by atoms with Crippen LogP contribution in [-0.2, 0) is 4.74 Å². The standard InChI is InChI=1S/C25H29N3O5/c1-3-31-22-10-6-9-19-21-16-20(17-7-5-8-18(29)15-17)26-28(21)25(33-23(19)22)11-13-27(14-12-25)24(30)32-4-2/h5-10,15,21,29H,3-4,11-14,16H2,1-2H3/t21-/m1/s1. The fourth-order valence-corrected chi connectivity index (χ4v) is 4.98. The molecule has 0 saturated carbocycles. The summed E-state index contributed by atoms with van der Waals surface area (Å²) in [5.74, 6) is 1.71. The lowest BCUT2D eigenvalue weighted by molar-refractivity contribution is -0.148. The first-order chi connectivity index (χ1) is 16.0. The maximum absolute atomic E-state index is 12.3. The first-order valence-electron chi connectivity index (χ1n) is 11.6. The second-order valence-electron chi connectivity index (χ2n) is 8.50. The fourth-order valence-electron chi connectivity index (χ4n) is 4.98. The number of rotatable bonds is 4. The van der Waals surface area contributed by atoms with E-state index < -0.39 is 5.72 Å². The van der Waals surface area contributed by atoms with Gasteiger partial charge in [0.2, 0.25) is 5.72 Å². The molecule has 2 aromatic carbocycles. The van der Waals surface area contributed by atoms with Crippen molar-refractivity contribution in [1.82, 2.24) is 9.91 Å². The number of aromatic hydroxyl groups is 1. The molecule has 1 atom stereocenters. The van der Waals surface area contributed by atoms with Crippen molar-refractivity contribution in [3.05, 3.63) is 53.6 Å². The topological polar surface area (TPSA) is 83.8 Å². The van der Waals surface area contributed by atoms with Crippen LogP contribution in [0.4, 0.5) is 4.79 Å². The highest BCUT2D eigenvalue weighted by Crippen LogP contribution is 2.52. The Morgan fingerprint density at radius 3 is 2.70 bits per heavy atom. The number of para-hydroxylation sites is 1. The maximum Gasteiger partial charge on any atom is 0.409 e. The second kappa shape index (κ2) is 8.50. The van der Waals surface area contributed by atoms with Crippen LogP contribution in [0.25, 0.3) is 0 Å². The number of hydrazone groups is 1. The number of phenols is 1. The van der Waals surface area contributed by atoms with E-state index in [4.69, 9.17) is 19.3 Å². The van der Waals surface area contributed by atoms with Gasteiger partial charge in [0.05, 0.1) is 25.0 Å². The average molecular weight is 452 g/mol. The van der Waals surface area contributed by atoms with Crippen LogP contribution >= 0.6 is 0 Å². The van der Waals surface area contributed by atoms with Crippen molar-refractivity contribution in [2.45, 2.75) is 44.9 Å². The van der Waals surface area contributed by atoms with Gasteiger partial charge in [-0.25, -0.2) is 9.80 Å². The van der Waals surface area contributed by atoms with Crippen molar-refractivity contribution in [2.75, 3.05) is 26.3 Å². The summed E-state index contributed by atoms with van der Waals surface area (Å²) in [7, 11) is 0. The van der Waals surface area contributed by atoms with Crippen LogP contribution in [0.15, 0.2) is 47.6 Å². The van der Waals surface area contributed by atoms with E-state index in [9.17, 15) is 9.90 Å². The Balaban J connectivity index is 1.52. The highest BCUT2D eigenvalue weighted by Gasteiger charge is 2.53. The van der Waals surface area contributed by atoms with Crippen molar-refractivity contribution < 1.29 is 24.1 Å². The van der Waals surface area contributed by atoms with E-state index in [2.05, 4.69) is 11.1 Å².